The van der Waals surface area contributed by atoms with Gasteiger partial charge in [-0.05, 0) is 36.2 Å². The maximum absolute atomic E-state index is 5.12. The first-order valence-corrected chi connectivity index (χ1v) is 5.63. The highest BCUT2D eigenvalue weighted by Gasteiger charge is 2.01. The Labute approximate surface area is 101 Å². The van der Waals surface area contributed by atoms with E-state index in [2.05, 4.69) is 35.4 Å². The van der Waals surface area contributed by atoms with Gasteiger partial charge in [-0.3, -0.25) is 5.32 Å². The molecule has 2 aromatic rings. The monoisotopic (exact) mass is 229 g/mol. The van der Waals surface area contributed by atoms with Crippen LogP contribution in [-0.2, 0) is 6.54 Å². The molecule has 0 unspecified atom stereocenters. The van der Waals surface area contributed by atoms with Crippen molar-refractivity contribution in [3.8, 4) is 5.75 Å². The zero-order valence-electron chi connectivity index (χ0n) is 10.2. The zero-order valence-corrected chi connectivity index (χ0v) is 10.2. The lowest BCUT2D eigenvalue weighted by molar-refractivity contribution is -0.361. The first kappa shape index (κ1) is 11.5. The first-order chi connectivity index (χ1) is 8.28. The summed E-state index contributed by atoms with van der Waals surface area (Å²) >= 11 is 0. The molecule has 88 valence electrons. The van der Waals surface area contributed by atoms with Gasteiger partial charge in [0.1, 0.15) is 12.3 Å². The fourth-order valence-electron chi connectivity index (χ4n) is 1.62. The van der Waals surface area contributed by atoms with Gasteiger partial charge in [-0.15, -0.1) is 0 Å². The Morgan fingerprint density at radius 1 is 1.18 bits per heavy atom. The summed E-state index contributed by atoms with van der Waals surface area (Å²) in [6.45, 7) is 2.87. The van der Waals surface area contributed by atoms with Crippen molar-refractivity contribution >= 4 is 5.82 Å². The van der Waals surface area contributed by atoms with Gasteiger partial charge in [-0.2, -0.15) is 0 Å². The maximum atomic E-state index is 5.12. The van der Waals surface area contributed by atoms with Gasteiger partial charge in [0.05, 0.1) is 13.3 Å². The van der Waals surface area contributed by atoms with E-state index in [0.29, 0.717) is 0 Å². The minimum Gasteiger partial charge on any atom is -0.497 e. The quantitative estimate of drug-likeness (QED) is 0.874. The Morgan fingerprint density at radius 2 is 1.94 bits per heavy atom. The fourth-order valence-corrected chi connectivity index (χ4v) is 1.62. The lowest BCUT2D eigenvalue weighted by Gasteiger charge is -2.02. The predicted octanol–water partition coefficient (Wildman–Crippen LogP) is 2.43. The molecule has 1 aromatic heterocycles. The van der Waals surface area contributed by atoms with E-state index in [0.717, 1.165) is 18.1 Å². The minimum atomic E-state index is 0.796. The van der Waals surface area contributed by atoms with Crippen LogP contribution in [0, 0.1) is 6.92 Å². The average molecular weight is 229 g/mol. The third kappa shape index (κ3) is 3.21. The van der Waals surface area contributed by atoms with E-state index in [1.54, 1.807) is 7.11 Å². The Kier molecular flexibility index (Phi) is 3.60. The Hall–Kier alpha value is -2.03. The molecular weight excluding hydrogens is 212 g/mol. The van der Waals surface area contributed by atoms with Gasteiger partial charge in [0.15, 0.2) is 0 Å². The third-order valence-electron chi connectivity index (χ3n) is 2.60. The summed E-state index contributed by atoms with van der Waals surface area (Å²) in [5.74, 6) is 1.91. The Morgan fingerprint density at radius 3 is 2.59 bits per heavy atom. The molecule has 0 aliphatic carbocycles. The van der Waals surface area contributed by atoms with E-state index in [1.165, 1.54) is 11.1 Å². The van der Waals surface area contributed by atoms with Gasteiger partial charge in [0.25, 0.3) is 5.82 Å². The number of ether oxygens (including phenoxy) is 1. The largest absolute Gasteiger partial charge is 0.497 e. The lowest BCUT2D eigenvalue weighted by atomic mass is 10.2. The van der Waals surface area contributed by atoms with Crippen molar-refractivity contribution in [1.29, 1.82) is 0 Å². The molecule has 0 atom stereocenters. The van der Waals surface area contributed by atoms with Crippen molar-refractivity contribution in [3.05, 3.63) is 53.7 Å². The van der Waals surface area contributed by atoms with Crippen molar-refractivity contribution in [2.45, 2.75) is 13.5 Å². The zero-order chi connectivity index (χ0) is 12.1. The van der Waals surface area contributed by atoms with Crippen molar-refractivity contribution in [2.24, 2.45) is 0 Å². The number of H-pyrrole nitrogens is 1. The number of methoxy groups -OCH3 is 1. The van der Waals surface area contributed by atoms with Crippen LogP contribution in [0.3, 0.4) is 0 Å². The normalized spacial score (nSPS) is 10.0. The number of aryl methyl sites for hydroxylation is 1. The van der Waals surface area contributed by atoms with E-state index in [1.807, 2.05) is 24.4 Å². The number of rotatable bonds is 4. The number of aromatic amines is 1. The number of benzene rings is 1. The van der Waals surface area contributed by atoms with Crippen LogP contribution in [0.1, 0.15) is 11.1 Å². The van der Waals surface area contributed by atoms with Crippen LogP contribution in [0.15, 0.2) is 42.6 Å². The van der Waals surface area contributed by atoms with Gasteiger partial charge in [0, 0.05) is 6.07 Å². The van der Waals surface area contributed by atoms with Gasteiger partial charge < -0.3 is 4.74 Å². The topological polar surface area (TPSA) is 35.4 Å². The molecule has 0 saturated carbocycles. The number of pyridine rings is 1. The number of hydrogen-bond donors (Lipinski definition) is 1. The van der Waals surface area contributed by atoms with E-state index < -0.39 is 0 Å². The molecule has 0 spiro atoms. The summed E-state index contributed by atoms with van der Waals surface area (Å²) in [6.07, 6.45) is 1.94. The standard InChI is InChI=1S/C14H16N2O/c1-11-7-8-15-14(9-11)16-10-12-3-5-13(17-2)6-4-12/h3-9H,10H2,1-2H3,(H,15,16)/p+1. The van der Waals surface area contributed by atoms with Crippen LogP contribution in [0.4, 0.5) is 5.82 Å². The van der Waals surface area contributed by atoms with Gasteiger partial charge >= 0.3 is 0 Å². The molecule has 1 aromatic carbocycles. The highest BCUT2D eigenvalue weighted by Crippen LogP contribution is 2.12. The number of nitrogens with one attached hydrogen (secondary N) is 2. The molecule has 3 heteroatoms. The lowest BCUT2D eigenvalue weighted by Crippen LogP contribution is -2.12. The Balaban J connectivity index is 1.97. The molecule has 1 heterocycles. The highest BCUT2D eigenvalue weighted by atomic mass is 16.5. The molecule has 0 aliphatic heterocycles. The summed E-state index contributed by atoms with van der Waals surface area (Å²) in [4.78, 5) is 3.17. The molecule has 0 amide bonds. The molecule has 2 rings (SSSR count). The van der Waals surface area contributed by atoms with E-state index in [-0.39, 0.29) is 0 Å². The van der Waals surface area contributed by atoms with Crippen molar-refractivity contribution in [2.75, 3.05) is 12.4 Å². The summed E-state index contributed by atoms with van der Waals surface area (Å²) in [5.41, 5.74) is 2.46. The average Bonchev–Trinajstić information content (AvgIpc) is 2.37. The van der Waals surface area contributed by atoms with Crippen LogP contribution in [0.25, 0.3) is 0 Å². The number of hydrogen-bond acceptors (Lipinski definition) is 2. The van der Waals surface area contributed by atoms with Crippen LogP contribution in [0.5, 0.6) is 5.75 Å². The molecule has 0 radical (unpaired) electrons. The van der Waals surface area contributed by atoms with Crippen molar-refractivity contribution < 1.29 is 9.72 Å². The van der Waals surface area contributed by atoms with Crippen LogP contribution < -0.4 is 15.0 Å². The molecule has 0 bridgehead atoms. The minimum absolute atomic E-state index is 0.796. The summed E-state index contributed by atoms with van der Waals surface area (Å²) in [6, 6.07) is 12.2. The second kappa shape index (κ2) is 5.34. The summed E-state index contributed by atoms with van der Waals surface area (Å²) in [7, 11) is 1.68. The highest BCUT2D eigenvalue weighted by molar-refractivity contribution is 5.34. The second-order valence-corrected chi connectivity index (χ2v) is 3.98. The van der Waals surface area contributed by atoms with E-state index in [9.17, 15) is 0 Å². The van der Waals surface area contributed by atoms with Crippen molar-refractivity contribution in [3.63, 3.8) is 0 Å². The van der Waals surface area contributed by atoms with E-state index >= 15 is 0 Å². The van der Waals surface area contributed by atoms with Crippen LogP contribution in [-0.4, -0.2) is 7.11 Å². The van der Waals surface area contributed by atoms with Gasteiger partial charge in [0.2, 0.25) is 0 Å². The summed E-state index contributed by atoms with van der Waals surface area (Å²) in [5, 5.41) is 3.34. The van der Waals surface area contributed by atoms with Crippen LogP contribution in [0.2, 0.25) is 0 Å². The predicted molar refractivity (Wildman–Crippen MR) is 68.1 cm³/mol. The molecule has 0 fully saturated rings. The molecule has 0 aliphatic rings. The smallest absolute Gasteiger partial charge is 0.272 e. The molecule has 0 saturated heterocycles. The molecule has 3 nitrogen and oxygen atoms in total. The van der Waals surface area contributed by atoms with Crippen molar-refractivity contribution in [1.82, 2.24) is 0 Å². The van der Waals surface area contributed by atoms with Crippen LogP contribution >= 0.6 is 0 Å². The third-order valence-corrected chi connectivity index (χ3v) is 2.60. The van der Waals surface area contributed by atoms with Gasteiger partial charge in [-0.25, -0.2) is 4.98 Å². The Bertz CT molecular complexity index is 480. The molecule has 17 heavy (non-hydrogen) atoms. The second-order valence-electron chi connectivity index (χ2n) is 3.98. The van der Waals surface area contributed by atoms with E-state index in [4.69, 9.17) is 4.74 Å². The fraction of sp³-hybridized carbons (Fsp3) is 0.214. The maximum Gasteiger partial charge on any atom is 0.272 e. The summed E-state index contributed by atoms with van der Waals surface area (Å²) < 4.78 is 5.12. The van der Waals surface area contributed by atoms with Gasteiger partial charge in [-0.1, -0.05) is 12.1 Å². The SMILES string of the molecule is COc1ccc(CNc2cc(C)cc[nH+]2)cc1. The number of aromatic nitrogens is 1. The molecular formula is C14H17N2O+. The molecule has 2 N–H and O–H groups in total. The first-order valence-electron chi connectivity index (χ1n) is 5.63. The number of anilines is 1.